The predicted octanol–water partition coefficient (Wildman–Crippen LogP) is 2.67. The fraction of sp³-hybridized carbons (Fsp3) is 0.545. The summed E-state index contributed by atoms with van der Waals surface area (Å²) in [6.45, 7) is 4.27. The topological polar surface area (TPSA) is 24.9 Å². The first-order valence-electron chi connectivity index (χ1n) is 5.13. The summed E-state index contributed by atoms with van der Waals surface area (Å²) >= 11 is 5.99. The maximum Gasteiger partial charge on any atom is 0.0621 e. The molecule has 0 radical (unpaired) electrons. The molecule has 0 bridgehead atoms. The number of halogens is 1. The summed E-state index contributed by atoms with van der Waals surface area (Å²) in [4.78, 5) is 3.96. The minimum absolute atomic E-state index is 0.788. The zero-order chi connectivity index (χ0) is 10.2. The maximum absolute atomic E-state index is 5.99. The fourth-order valence-corrected chi connectivity index (χ4v) is 1.56. The van der Waals surface area contributed by atoms with Crippen molar-refractivity contribution in [3.63, 3.8) is 0 Å². The molecule has 1 N–H and O–H groups in total. The van der Waals surface area contributed by atoms with E-state index in [0.717, 1.165) is 24.5 Å². The fourth-order valence-electron chi connectivity index (χ4n) is 1.35. The highest BCUT2D eigenvalue weighted by Crippen LogP contribution is 2.15. The molecule has 1 aromatic heterocycles. The van der Waals surface area contributed by atoms with E-state index >= 15 is 0 Å². The van der Waals surface area contributed by atoms with Gasteiger partial charge in [0.1, 0.15) is 0 Å². The molecule has 3 heteroatoms. The standard InChI is InChI=1S/C11H17ClN2/c1-2-13-7-4-3-5-10-6-8-14-9-11(10)12/h6,8-9,13H,2-5,7H2,1H3. The molecule has 1 rings (SSSR count). The lowest BCUT2D eigenvalue weighted by Gasteiger charge is -2.03. The molecule has 1 aromatic rings. The van der Waals surface area contributed by atoms with Crippen molar-refractivity contribution in [3.05, 3.63) is 29.0 Å². The van der Waals surface area contributed by atoms with Crippen LogP contribution in [0.2, 0.25) is 5.02 Å². The van der Waals surface area contributed by atoms with Gasteiger partial charge in [0.05, 0.1) is 5.02 Å². The van der Waals surface area contributed by atoms with Crippen LogP contribution >= 0.6 is 11.6 Å². The van der Waals surface area contributed by atoms with Crippen molar-refractivity contribution in [2.45, 2.75) is 26.2 Å². The van der Waals surface area contributed by atoms with Gasteiger partial charge in [-0.05, 0) is 44.0 Å². The summed E-state index contributed by atoms with van der Waals surface area (Å²) in [6.07, 6.45) is 6.93. The van der Waals surface area contributed by atoms with Gasteiger partial charge in [-0.25, -0.2) is 0 Å². The molecule has 0 saturated carbocycles. The number of aryl methyl sites for hydroxylation is 1. The second-order valence-corrected chi connectivity index (χ2v) is 3.68. The first-order valence-corrected chi connectivity index (χ1v) is 5.51. The summed E-state index contributed by atoms with van der Waals surface area (Å²) in [6, 6.07) is 2.00. The average Bonchev–Trinajstić information content (AvgIpc) is 2.20. The van der Waals surface area contributed by atoms with Crippen molar-refractivity contribution in [2.24, 2.45) is 0 Å². The average molecular weight is 213 g/mol. The first kappa shape index (κ1) is 11.5. The maximum atomic E-state index is 5.99. The first-order chi connectivity index (χ1) is 6.84. The molecular formula is C11H17ClN2. The predicted molar refractivity (Wildman–Crippen MR) is 60.7 cm³/mol. The third-order valence-electron chi connectivity index (χ3n) is 2.16. The van der Waals surface area contributed by atoms with Crippen LogP contribution in [-0.4, -0.2) is 18.1 Å². The Hall–Kier alpha value is -0.600. The number of pyridine rings is 1. The number of rotatable bonds is 6. The Balaban J connectivity index is 2.21. The van der Waals surface area contributed by atoms with E-state index in [1.165, 1.54) is 18.4 Å². The molecule has 0 amide bonds. The van der Waals surface area contributed by atoms with Crippen LogP contribution in [0.1, 0.15) is 25.3 Å². The zero-order valence-corrected chi connectivity index (χ0v) is 9.35. The molecule has 0 spiro atoms. The summed E-state index contributed by atoms with van der Waals surface area (Å²) in [5.74, 6) is 0. The van der Waals surface area contributed by atoms with Gasteiger partial charge in [0, 0.05) is 12.4 Å². The highest BCUT2D eigenvalue weighted by molar-refractivity contribution is 6.31. The molecule has 0 aromatic carbocycles. The number of nitrogens with zero attached hydrogens (tertiary/aromatic N) is 1. The second kappa shape index (κ2) is 6.80. The third-order valence-corrected chi connectivity index (χ3v) is 2.50. The smallest absolute Gasteiger partial charge is 0.0621 e. The highest BCUT2D eigenvalue weighted by Gasteiger charge is 1.98. The van der Waals surface area contributed by atoms with Gasteiger partial charge >= 0.3 is 0 Å². The van der Waals surface area contributed by atoms with E-state index in [-0.39, 0.29) is 0 Å². The van der Waals surface area contributed by atoms with E-state index < -0.39 is 0 Å². The van der Waals surface area contributed by atoms with Crippen LogP contribution in [0.15, 0.2) is 18.5 Å². The van der Waals surface area contributed by atoms with E-state index in [9.17, 15) is 0 Å². The van der Waals surface area contributed by atoms with Crippen LogP contribution in [0.5, 0.6) is 0 Å². The zero-order valence-electron chi connectivity index (χ0n) is 8.59. The van der Waals surface area contributed by atoms with Crippen molar-refractivity contribution in [1.82, 2.24) is 10.3 Å². The molecule has 2 nitrogen and oxygen atoms in total. The van der Waals surface area contributed by atoms with Gasteiger partial charge in [-0.2, -0.15) is 0 Å². The van der Waals surface area contributed by atoms with Gasteiger partial charge in [0.25, 0.3) is 0 Å². The number of unbranched alkanes of at least 4 members (excludes halogenated alkanes) is 1. The Labute approximate surface area is 90.7 Å². The van der Waals surface area contributed by atoms with Crippen molar-refractivity contribution < 1.29 is 0 Å². The minimum Gasteiger partial charge on any atom is -0.317 e. The van der Waals surface area contributed by atoms with Crippen molar-refractivity contribution in [3.8, 4) is 0 Å². The third kappa shape index (κ3) is 4.07. The van der Waals surface area contributed by atoms with Crippen LogP contribution in [0.4, 0.5) is 0 Å². The Bertz CT molecular complexity index is 263. The molecule has 1 heterocycles. The van der Waals surface area contributed by atoms with E-state index in [1.807, 2.05) is 6.07 Å². The van der Waals surface area contributed by atoms with Gasteiger partial charge in [0.2, 0.25) is 0 Å². The van der Waals surface area contributed by atoms with Gasteiger partial charge in [-0.1, -0.05) is 18.5 Å². The van der Waals surface area contributed by atoms with E-state index in [4.69, 9.17) is 11.6 Å². The monoisotopic (exact) mass is 212 g/mol. The van der Waals surface area contributed by atoms with Gasteiger partial charge in [-0.3, -0.25) is 4.98 Å². The molecule has 0 aliphatic rings. The molecule has 0 saturated heterocycles. The largest absolute Gasteiger partial charge is 0.317 e. The summed E-state index contributed by atoms with van der Waals surface area (Å²) in [5.41, 5.74) is 1.21. The lowest BCUT2D eigenvalue weighted by Crippen LogP contribution is -2.13. The van der Waals surface area contributed by atoms with Crippen molar-refractivity contribution in [2.75, 3.05) is 13.1 Å². The Kier molecular flexibility index (Phi) is 5.57. The number of aromatic nitrogens is 1. The Morgan fingerprint density at radius 3 is 3.00 bits per heavy atom. The molecule has 0 aliphatic heterocycles. The number of nitrogens with one attached hydrogen (secondary N) is 1. The van der Waals surface area contributed by atoms with E-state index in [1.54, 1.807) is 12.4 Å². The van der Waals surface area contributed by atoms with Crippen LogP contribution in [-0.2, 0) is 6.42 Å². The minimum atomic E-state index is 0.788. The second-order valence-electron chi connectivity index (χ2n) is 3.28. The summed E-state index contributed by atoms with van der Waals surface area (Å²) in [5, 5.41) is 4.09. The highest BCUT2D eigenvalue weighted by atomic mass is 35.5. The van der Waals surface area contributed by atoms with Crippen LogP contribution in [0.25, 0.3) is 0 Å². The van der Waals surface area contributed by atoms with Gasteiger partial charge in [0.15, 0.2) is 0 Å². The number of hydrogen-bond acceptors (Lipinski definition) is 2. The van der Waals surface area contributed by atoms with Crippen molar-refractivity contribution >= 4 is 11.6 Å². The molecule has 78 valence electrons. The molecular weight excluding hydrogens is 196 g/mol. The van der Waals surface area contributed by atoms with Gasteiger partial charge in [-0.15, -0.1) is 0 Å². The lowest BCUT2D eigenvalue weighted by atomic mass is 10.1. The quantitative estimate of drug-likeness (QED) is 0.734. The SMILES string of the molecule is CCNCCCCc1ccncc1Cl. The van der Waals surface area contributed by atoms with Crippen LogP contribution < -0.4 is 5.32 Å². The molecule has 0 unspecified atom stereocenters. The van der Waals surface area contributed by atoms with Crippen LogP contribution in [0, 0.1) is 0 Å². The van der Waals surface area contributed by atoms with Crippen molar-refractivity contribution in [1.29, 1.82) is 0 Å². The summed E-state index contributed by atoms with van der Waals surface area (Å²) in [7, 11) is 0. The molecule has 14 heavy (non-hydrogen) atoms. The molecule has 0 fully saturated rings. The van der Waals surface area contributed by atoms with E-state index in [2.05, 4.69) is 17.2 Å². The van der Waals surface area contributed by atoms with Crippen LogP contribution in [0.3, 0.4) is 0 Å². The summed E-state index contributed by atoms with van der Waals surface area (Å²) < 4.78 is 0. The Morgan fingerprint density at radius 1 is 1.43 bits per heavy atom. The van der Waals surface area contributed by atoms with Gasteiger partial charge < -0.3 is 5.32 Å². The lowest BCUT2D eigenvalue weighted by molar-refractivity contribution is 0.641. The molecule has 0 atom stereocenters. The Morgan fingerprint density at radius 2 is 2.29 bits per heavy atom. The number of hydrogen-bond donors (Lipinski definition) is 1. The normalized spacial score (nSPS) is 10.4. The molecule has 0 aliphatic carbocycles. The van der Waals surface area contributed by atoms with E-state index in [0.29, 0.717) is 0 Å².